The highest BCUT2D eigenvalue weighted by molar-refractivity contribution is 7.89. The molecule has 1 heterocycles. The summed E-state index contributed by atoms with van der Waals surface area (Å²) in [5, 5.41) is 9.98. The number of primary sulfonamides is 1. The summed E-state index contributed by atoms with van der Waals surface area (Å²) < 4.78 is 27.5. The molecule has 0 aliphatic rings. The number of nitrogens with zero attached hydrogens (tertiary/aromatic N) is 1. The molecule has 0 fully saturated rings. The van der Waals surface area contributed by atoms with Gasteiger partial charge in [0.05, 0.1) is 4.90 Å². The van der Waals surface area contributed by atoms with Crippen molar-refractivity contribution in [3.63, 3.8) is 0 Å². The van der Waals surface area contributed by atoms with E-state index in [0.29, 0.717) is 11.3 Å². The van der Waals surface area contributed by atoms with Gasteiger partial charge < -0.3 is 9.73 Å². The zero-order valence-corrected chi connectivity index (χ0v) is 14.6. The molecular formula is C17H14N4O5S. The lowest BCUT2D eigenvalue weighted by atomic mass is 10.2. The summed E-state index contributed by atoms with van der Waals surface area (Å²) in [6.45, 7) is 0. The van der Waals surface area contributed by atoms with Crippen LogP contribution < -0.4 is 15.8 Å². The summed E-state index contributed by atoms with van der Waals surface area (Å²) in [7, 11) is -3.81. The molecular weight excluding hydrogens is 372 g/mol. The normalized spacial score (nSPS) is 11.0. The molecule has 0 spiro atoms. The number of hydrogen-bond acceptors (Lipinski definition) is 6. The van der Waals surface area contributed by atoms with Gasteiger partial charge in [-0.2, -0.15) is 4.98 Å². The van der Waals surface area contributed by atoms with E-state index in [1.807, 2.05) is 0 Å². The van der Waals surface area contributed by atoms with Crippen molar-refractivity contribution in [2.45, 2.75) is 4.90 Å². The molecule has 27 heavy (non-hydrogen) atoms. The van der Waals surface area contributed by atoms with E-state index >= 15 is 0 Å². The van der Waals surface area contributed by atoms with Gasteiger partial charge in [-0.25, -0.2) is 13.6 Å². The third kappa shape index (κ3) is 4.57. The van der Waals surface area contributed by atoms with Crippen LogP contribution in [-0.4, -0.2) is 25.2 Å². The number of carbonyl (C=O) groups is 2. The number of oxazole rings is 1. The van der Waals surface area contributed by atoms with E-state index in [9.17, 15) is 18.0 Å². The van der Waals surface area contributed by atoms with E-state index in [0.717, 1.165) is 6.26 Å². The third-order valence-electron chi connectivity index (χ3n) is 3.43. The number of amides is 2. The van der Waals surface area contributed by atoms with E-state index in [2.05, 4.69) is 15.6 Å². The highest BCUT2D eigenvalue weighted by Gasteiger charge is 2.15. The Bertz CT molecular complexity index is 1080. The molecule has 2 amide bonds. The van der Waals surface area contributed by atoms with Crippen molar-refractivity contribution in [1.82, 2.24) is 4.98 Å². The van der Waals surface area contributed by atoms with E-state index in [-0.39, 0.29) is 16.6 Å². The fourth-order valence-corrected chi connectivity index (χ4v) is 2.63. The fourth-order valence-electron chi connectivity index (χ4n) is 2.12. The van der Waals surface area contributed by atoms with Gasteiger partial charge >= 0.3 is 6.01 Å². The number of benzene rings is 2. The molecule has 9 nitrogen and oxygen atoms in total. The second kappa shape index (κ2) is 7.40. The van der Waals surface area contributed by atoms with Crippen LogP contribution in [0.1, 0.15) is 20.8 Å². The van der Waals surface area contributed by atoms with Crippen LogP contribution in [0.3, 0.4) is 0 Å². The molecule has 4 N–H and O–H groups in total. The summed E-state index contributed by atoms with van der Waals surface area (Å²) in [5.74, 6) is -1.02. The summed E-state index contributed by atoms with van der Waals surface area (Å²) in [5.41, 5.74) is 0.691. The lowest BCUT2D eigenvalue weighted by Gasteiger charge is -2.04. The summed E-state index contributed by atoms with van der Waals surface area (Å²) in [6, 6.07) is 13.6. The molecule has 0 bridgehead atoms. The van der Waals surface area contributed by atoms with Crippen LogP contribution in [0.15, 0.2) is 70.2 Å². The number of carbonyl (C=O) groups excluding carboxylic acids is 2. The van der Waals surface area contributed by atoms with E-state index in [1.165, 1.54) is 24.3 Å². The Morgan fingerprint density at radius 3 is 2.22 bits per heavy atom. The molecule has 0 aliphatic heterocycles. The molecule has 0 aliphatic carbocycles. The maximum Gasteiger partial charge on any atom is 0.302 e. The highest BCUT2D eigenvalue weighted by atomic mass is 32.2. The molecule has 0 atom stereocenters. The largest absolute Gasteiger partial charge is 0.431 e. The average molecular weight is 386 g/mol. The quantitative estimate of drug-likeness (QED) is 0.610. The van der Waals surface area contributed by atoms with Crippen LogP contribution in [0.4, 0.5) is 11.7 Å². The van der Waals surface area contributed by atoms with Crippen molar-refractivity contribution in [3.05, 3.63) is 72.1 Å². The number of aromatic nitrogens is 1. The number of nitrogens with two attached hydrogens (primary N) is 1. The number of nitrogens with one attached hydrogen (secondary N) is 2. The Hall–Kier alpha value is -3.50. The Morgan fingerprint density at radius 2 is 1.59 bits per heavy atom. The monoisotopic (exact) mass is 386 g/mol. The van der Waals surface area contributed by atoms with Crippen molar-refractivity contribution < 1.29 is 22.4 Å². The minimum Gasteiger partial charge on any atom is -0.431 e. The molecule has 10 heteroatoms. The predicted molar refractivity (Wildman–Crippen MR) is 96.7 cm³/mol. The number of sulfonamides is 1. The van der Waals surface area contributed by atoms with Crippen LogP contribution in [0, 0.1) is 0 Å². The Labute approximate surface area is 154 Å². The van der Waals surface area contributed by atoms with Crippen molar-refractivity contribution >= 4 is 33.5 Å². The fraction of sp³-hybridized carbons (Fsp3) is 0. The first kappa shape index (κ1) is 18.3. The SMILES string of the molecule is NS(=O)(=O)c1ccc(NC(=O)c2coc(NC(=O)c3ccccc3)n2)cc1. The van der Waals surface area contributed by atoms with E-state index in [4.69, 9.17) is 9.56 Å². The van der Waals surface area contributed by atoms with Crippen LogP contribution in [0.25, 0.3) is 0 Å². The Morgan fingerprint density at radius 1 is 0.926 bits per heavy atom. The van der Waals surface area contributed by atoms with Gasteiger partial charge in [-0.15, -0.1) is 0 Å². The van der Waals surface area contributed by atoms with Gasteiger partial charge in [-0.3, -0.25) is 14.9 Å². The molecule has 0 saturated heterocycles. The van der Waals surface area contributed by atoms with Gasteiger partial charge in [0.2, 0.25) is 10.0 Å². The number of hydrogen-bond donors (Lipinski definition) is 3. The standard InChI is InChI=1S/C17H14N4O5S/c18-27(24,25)13-8-6-12(7-9-13)19-16(23)14-10-26-17(20-14)21-15(22)11-4-2-1-3-5-11/h1-10H,(H,19,23)(H2,18,24,25)(H,20,21,22). The molecule has 1 aromatic heterocycles. The molecule has 3 rings (SSSR count). The number of rotatable bonds is 5. The van der Waals surface area contributed by atoms with Crippen LogP contribution in [0.2, 0.25) is 0 Å². The van der Waals surface area contributed by atoms with Crippen molar-refractivity contribution in [1.29, 1.82) is 0 Å². The number of anilines is 2. The van der Waals surface area contributed by atoms with E-state index < -0.39 is 21.8 Å². The average Bonchev–Trinajstić information content (AvgIpc) is 3.11. The minimum absolute atomic E-state index is 0.0612. The minimum atomic E-state index is -3.81. The molecule has 0 radical (unpaired) electrons. The summed E-state index contributed by atoms with van der Waals surface area (Å²) in [4.78, 5) is 28.0. The van der Waals surface area contributed by atoms with Crippen LogP contribution in [0.5, 0.6) is 0 Å². The van der Waals surface area contributed by atoms with Gasteiger partial charge in [-0.1, -0.05) is 18.2 Å². The van der Waals surface area contributed by atoms with Crippen LogP contribution >= 0.6 is 0 Å². The maximum absolute atomic E-state index is 12.2. The van der Waals surface area contributed by atoms with Gasteiger partial charge in [-0.05, 0) is 36.4 Å². The predicted octanol–water partition coefficient (Wildman–Crippen LogP) is 1.83. The van der Waals surface area contributed by atoms with Crippen molar-refractivity contribution in [2.75, 3.05) is 10.6 Å². The smallest absolute Gasteiger partial charge is 0.302 e. The zero-order chi connectivity index (χ0) is 19.4. The lowest BCUT2D eigenvalue weighted by Crippen LogP contribution is -2.15. The molecule has 0 unspecified atom stereocenters. The summed E-state index contributed by atoms with van der Waals surface area (Å²) >= 11 is 0. The third-order valence-corrected chi connectivity index (χ3v) is 4.36. The first-order valence-corrected chi connectivity index (χ1v) is 9.14. The topological polar surface area (TPSA) is 144 Å². The Balaban J connectivity index is 1.65. The molecule has 0 saturated carbocycles. The van der Waals surface area contributed by atoms with E-state index in [1.54, 1.807) is 30.3 Å². The molecule has 138 valence electrons. The van der Waals surface area contributed by atoms with Crippen molar-refractivity contribution in [2.24, 2.45) is 5.14 Å². The lowest BCUT2D eigenvalue weighted by molar-refractivity contribution is 0.101. The second-order valence-electron chi connectivity index (χ2n) is 5.38. The van der Waals surface area contributed by atoms with Gasteiger partial charge in [0.15, 0.2) is 5.69 Å². The summed E-state index contributed by atoms with van der Waals surface area (Å²) in [6.07, 6.45) is 1.09. The van der Waals surface area contributed by atoms with Crippen molar-refractivity contribution in [3.8, 4) is 0 Å². The van der Waals surface area contributed by atoms with Crippen LogP contribution in [-0.2, 0) is 10.0 Å². The maximum atomic E-state index is 12.2. The Kier molecular flexibility index (Phi) is 5.01. The van der Waals surface area contributed by atoms with Gasteiger partial charge in [0.25, 0.3) is 11.8 Å². The molecule has 2 aromatic carbocycles. The highest BCUT2D eigenvalue weighted by Crippen LogP contribution is 2.15. The first-order valence-electron chi connectivity index (χ1n) is 7.59. The molecule has 3 aromatic rings. The second-order valence-corrected chi connectivity index (χ2v) is 6.94. The zero-order valence-electron chi connectivity index (χ0n) is 13.7. The van der Waals surface area contributed by atoms with Gasteiger partial charge in [0, 0.05) is 11.3 Å². The first-order chi connectivity index (χ1) is 12.8. The van der Waals surface area contributed by atoms with Gasteiger partial charge in [0.1, 0.15) is 6.26 Å².